The first-order valence-electron chi connectivity index (χ1n) is 10.2. The van der Waals surface area contributed by atoms with Crippen LogP contribution in [0.2, 0.25) is 5.02 Å². The fourth-order valence-electron chi connectivity index (χ4n) is 3.19. The predicted octanol–water partition coefficient (Wildman–Crippen LogP) is 6.24. The maximum absolute atomic E-state index is 13.3. The lowest BCUT2D eigenvalue weighted by Crippen LogP contribution is -2.28. The second-order valence-electron chi connectivity index (χ2n) is 8.50. The highest BCUT2D eigenvalue weighted by Crippen LogP contribution is 2.32. The number of rotatable bonds is 7. The van der Waals surface area contributed by atoms with Crippen LogP contribution in [-0.4, -0.2) is 29.1 Å². The Morgan fingerprint density at radius 1 is 1.09 bits per heavy atom. The highest BCUT2D eigenvalue weighted by Gasteiger charge is 2.23. The van der Waals surface area contributed by atoms with Crippen molar-refractivity contribution in [3.8, 4) is 0 Å². The van der Waals surface area contributed by atoms with E-state index in [1.807, 2.05) is 24.3 Å². The summed E-state index contributed by atoms with van der Waals surface area (Å²) in [5.41, 5.74) is 3.21. The number of benzene rings is 2. The molecule has 0 unspecified atom stereocenters. The number of hydrogen-bond donors (Lipinski definition) is 1. The molecule has 0 aliphatic rings. The van der Waals surface area contributed by atoms with Crippen molar-refractivity contribution in [3.05, 3.63) is 88.2 Å². The first-order chi connectivity index (χ1) is 15.2. The van der Waals surface area contributed by atoms with Crippen molar-refractivity contribution in [2.45, 2.75) is 37.6 Å². The summed E-state index contributed by atoms with van der Waals surface area (Å²) in [6.07, 6.45) is 3.99. The van der Waals surface area contributed by atoms with Gasteiger partial charge in [0.05, 0.1) is 16.3 Å². The van der Waals surface area contributed by atoms with E-state index in [1.54, 1.807) is 36.5 Å². The molecule has 0 fully saturated rings. The fraction of sp³-hybridized carbons (Fsp3) is 0.240. The summed E-state index contributed by atoms with van der Waals surface area (Å²) in [6.45, 7) is 6.89. The number of nitrogens with one attached hydrogen (secondary N) is 1. The topological polar surface area (TPSA) is 62.3 Å². The van der Waals surface area contributed by atoms with Crippen molar-refractivity contribution in [2.24, 2.45) is 0 Å². The molecular weight excluding hydrogens is 442 g/mol. The van der Waals surface area contributed by atoms with Gasteiger partial charge in [0.2, 0.25) is 0 Å². The Hall–Kier alpha value is -2.83. The molecule has 1 N–H and O–H groups in total. The number of carbonyl (C=O) groups is 2. The number of halogens is 1. The van der Waals surface area contributed by atoms with E-state index in [2.05, 4.69) is 42.6 Å². The zero-order valence-electron chi connectivity index (χ0n) is 18.6. The van der Waals surface area contributed by atoms with Crippen LogP contribution in [0.15, 0.2) is 65.8 Å². The number of amides is 1. The smallest absolute Gasteiger partial charge is 0.256 e. The van der Waals surface area contributed by atoms with E-state index in [-0.39, 0.29) is 27.5 Å². The molecule has 1 heterocycles. The molecule has 0 radical (unpaired) electrons. The molecule has 0 spiro atoms. The highest BCUT2D eigenvalue weighted by atomic mass is 35.5. The monoisotopic (exact) mass is 467 g/mol. The Kier molecular flexibility index (Phi) is 7.59. The quantitative estimate of drug-likeness (QED) is 0.329. The second-order valence-corrected chi connectivity index (χ2v) is 9.78. The van der Waals surface area contributed by atoms with Crippen LogP contribution in [0.3, 0.4) is 0 Å². The van der Waals surface area contributed by atoms with Crippen LogP contribution in [0.4, 0.5) is 5.69 Å². The van der Waals surface area contributed by atoms with Gasteiger partial charge < -0.3 is 9.62 Å². The minimum absolute atomic E-state index is 0.0741. The number of aromatic nitrogens is 1. The van der Waals surface area contributed by atoms with Crippen LogP contribution >= 0.6 is 23.5 Å². The van der Waals surface area contributed by atoms with Gasteiger partial charge in [-0.05, 0) is 64.9 Å². The lowest BCUT2D eigenvalue weighted by Gasteiger charge is -2.21. The molecule has 166 valence electrons. The molecule has 3 aromatic rings. The van der Waals surface area contributed by atoms with Crippen molar-refractivity contribution in [1.82, 2.24) is 9.88 Å². The molecule has 5 nitrogen and oxygen atoms in total. The minimum atomic E-state index is -0.294. The SMILES string of the molecule is CN(Cc1ccncc1)C(=O)c1c(NSc2ccc(C(C)(C)C)cc2)ccc(Cl)c1C=O. The number of carbonyl (C=O) groups excluding carboxylic acids is 2. The summed E-state index contributed by atoms with van der Waals surface area (Å²) < 4.78 is 3.23. The normalized spacial score (nSPS) is 11.2. The second kappa shape index (κ2) is 10.2. The van der Waals surface area contributed by atoms with Crippen molar-refractivity contribution in [1.29, 1.82) is 0 Å². The third-order valence-electron chi connectivity index (χ3n) is 5.04. The third kappa shape index (κ3) is 5.69. The molecule has 1 aromatic heterocycles. The number of pyridine rings is 1. The lowest BCUT2D eigenvalue weighted by molar-refractivity contribution is 0.0783. The van der Waals surface area contributed by atoms with Gasteiger partial charge in [0, 0.05) is 36.4 Å². The molecule has 7 heteroatoms. The summed E-state index contributed by atoms with van der Waals surface area (Å²) in [5.74, 6) is -0.294. The summed E-state index contributed by atoms with van der Waals surface area (Å²) >= 11 is 7.62. The number of aldehydes is 1. The van der Waals surface area contributed by atoms with Crippen molar-refractivity contribution in [3.63, 3.8) is 0 Å². The molecule has 0 aliphatic heterocycles. The molecule has 0 aliphatic carbocycles. The largest absolute Gasteiger partial charge is 0.337 e. The molecule has 3 rings (SSSR count). The molecule has 2 aromatic carbocycles. The average molecular weight is 468 g/mol. The van der Waals surface area contributed by atoms with Crippen LogP contribution in [-0.2, 0) is 12.0 Å². The zero-order chi connectivity index (χ0) is 23.3. The van der Waals surface area contributed by atoms with Gasteiger partial charge in [-0.2, -0.15) is 0 Å². The molecular formula is C25H26ClN3O2S. The predicted molar refractivity (Wildman–Crippen MR) is 131 cm³/mol. The van der Waals surface area contributed by atoms with Gasteiger partial charge in [0.15, 0.2) is 6.29 Å². The minimum Gasteiger partial charge on any atom is -0.337 e. The van der Waals surface area contributed by atoms with Gasteiger partial charge in [0.1, 0.15) is 0 Å². The van der Waals surface area contributed by atoms with Gasteiger partial charge in [-0.1, -0.05) is 44.5 Å². The summed E-state index contributed by atoms with van der Waals surface area (Å²) in [5, 5.41) is 0.241. The first-order valence-corrected chi connectivity index (χ1v) is 11.4. The Morgan fingerprint density at radius 2 is 1.75 bits per heavy atom. The van der Waals surface area contributed by atoms with E-state index in [1.165, 1.54) is 17.5 Å². The van der Waals surface area contributed by atoms with Gasteiger partial charge in [0.25, 0.3) is 5.91 Å². The van der Waals surface area contributed by atoms with E-state index in [9.17, 15) is 9.59 Å². The van der Waals surface area contributed by atoms with Crippen molar-refractivity contribution in [2.75, 3.05) is 11.8 Å². The number of anilines is 1. The molecule has 0 saturated heterocycles. The van der Waals surface area contributed by atoms with Crippen LogP contribution in [0.5, 0.6) is 0 Å². The fourth-order valence-corrected chi connectivity index (χ4v) is 4.06. The highest BCUT2D eigenvalue weighted by molar-refractivity contribution is 8.00. The number of hydrogen-bond acceptors (Lipinski definition) is 5. The molecule has 32 heavy (non-hydrogen) atoms. The zero-order valence-corrected chi connectivity index (χ0v) is 20.1. The Balaban J connectivity index is 1.85. The molecule has 0 saturated carbocycles. The third-order valence-corrected chi connectivity index (χ3v) is 6.20. The molecule has 0 atom stereocenters. The van der Waals surface area contributed by atoms with E-state index in [4.69, 9.17) is 11.6 Å². The average Bonchev–Trinajstić information content (AvgIpc) is 2.77. The Morgan fingerprint density at radius 3 is 2.34 bits per heavy atom. The summed E-state index contributed by atoms with van der Waals surface area (Å²) in [4.78, 5) is 31.7. The lowest BCUT2D eigenvalue weighted by atomic mass is 9.87. The van der Waals surface area contributed by atoms with Gasteiger partial charge in [-0.3, -0.25) is 14.6 Å². The van der Waals surface area contributed by atoms with Crippen LogP contribution < -0.4 is 4.72 Å². The maximum atomic E-state index is 13.3. The van der Waals surface area contributed by atoms with E-state index < -0.39 is 0 Å². The number of nitrogens with zero attached hydrogens (tertiary/aromatic N) is 2. The van der Waals surface area contributed by atoms with E-state index in [0.717, 1.165) is 10.5 Å². The van der Waals surface area contributed by atoms with Gasteiger partial charge >= 0.3 is 0 Å². The van der Waals surface area contributed by atoms with Crippen molar-refractivity contribution >= 4 is 41.4 Å². The molecule has 0 bridgehead atoms. The Labute approximate surface area is 198 Å². The Bertz CT molecular complexity index is 1100. The van der Waals surface area contributed by atoms with Gasteiger partial charge in [-0.15, -0.1) is 0 Å². The summed E-state index contributed by atoms with van der Waals surface area (Å²) in [7, 11) is 1.69. The van der Waals surface area contributed by atoms with Gasteiger partial charge in [-0.25, -0.2) is 0 Å². The molecule has 1 amide bonds. The summed E-state index contributed by atoms with van der Waals surface area (Å²) in [6, 6.07) is 15.3. The van der Waals surface area contributed by atoms with E-state index in [0.29, 0.717) is 18.5 Å². The first kappa shape index (κ1) is 23.8. The van der Waals surface area contributed by atoms with E-state index >= 15 is 0 Å². The van der Waals surface area contributed by atoms with Crippen molar-refractivity contribution < 1.29 is 9.59 Å². The van der Waals surface area contributed by atoms with Crippen LogP contribution in [0, 0.1) is 0 Å². The van der Waals surface area contributed by atoms with Crippen LogP contribution in [0.25, 0.3) is 0 Å². The standard InChI is InChI=1S/C25H26ClN3O2S/c1-25(2,3)18-5-7-19(8-6-18)32-28-22-10-9-21(26)20(16-30)23(22)24(31)29(4)15-17-11-13-27-14-12-17/h5-14,16,28H,15H2,1-4H3. The van der Waals surface area contributed by atoms with Crippen LogP contribution in [0.1, 0.15) is 52.6 Å². The maximum Gasteiger partial charge on any atom is 0.256 e.